The quantitative estimate of drug-likeness (QED) is 0.724. The molecule has 2 heterocycles. The van der Waals surface area contributed by atoms with E-state index in [1.165, 1.54) is 0 Å². The molecule has 0 saturated heterocycles. The number of pyridine rings is 2. The molecule has 0 fully saturated rings. The molecule has 2 aromatic rings. The van der Waals surface area contributed by atoms with Gasteiger partial charge in [0.2, 0.25) is 0 Å². The van der Waals surface area contributed by atoms with E-state index in [-0.39, 0.29) is 29.5 Å². The molecule has 4 heteroatoms. The Balaban J connectivity index is 0.000000845. The average Bonchev–Trinajstić information content (AvgIpc) is 2.21. The summed E-state index contributed by atoms with van der Waals surface area (Å²) in [5.74, 6) is 0. The standard InChI is InChI=1S/C10H8N2.ClH.Mn/c1-3-7-11-9(5-1)10-6-2-4-8-12-10;;/h1-8H;1H;. The Hall–Kier alpha value is -0.891. The van der Waals surface area contributed by atoms with Crippen LogP contribution >= 0.6 is 12.4 Å². The van der Waals surface area contributed by atoms with E-state index in [1.54, 1.807) is 12.4 Å². The first kappa shape index (κ1) is 13.1. The zero-order chi connectivity index (χ0) is 8.23. The molecule has 2 rings (SSSR count). The number of rotatable bonds is 1. The summed E-state index contributed by atoms with van der Waals surface area (Å²) in [6.45, 7) is 0. The molecule has 1 radical (unpaired) electrons. The van der Waals surface area contributed by atoms with Crippen LogP contribution in [-0.2, 0) is 17.1 Å². The maximum atomic E-state index is 4.19. The summed E-state index contributed by atoms with van der Waals surface area (Å²) in [6.07, 6.45) is 3.54. The topological polar surface area (TPSA) is 25.8 Å². The Bertz CT molecular complexity index is 316. The number of hydrogen-bond acceptors (Lipinski definition) is 2. The van der Waals surface area contributed by atoms with Crippen molar-refractivity contribution in [1.29, 1.82) is 0 Å². The fourth-order valence-corrected chi connectivity index (χ4v) is 1.03. The number of aromatic nitrogens is 2. The van der Waals surface area contributed by atoms with Crippen LogP contribution in [0.1, 0.15) is 0 Å². The van der Waals surface area contributed by atoms with E-state index in [2.05, 4.69) is 9.97 Å². The summed E-state index contributed by atoms with van der Waals surface area (Å²) in [4.78, 5) is 8.37. The van der Waals surface area contributed by atoms with E-state index in [4.69, 9.17) is 0 Å². The molecule has 0 aliphatic rings. The largest absolute Gasteiger partial charge is 0.255 e. The Morgan fingerprint density at radius 2 is 1.14 bits per heavy atom. The molecule has 0 aromatic carbocycles. The first-order chi connectivity index (χ1) is 5.97. The van der Waals surface area contributed by atoms with Gasteiger partial charge in [-0.25, -0.2) is 0 Å². The molecular formula is C10H9ClMnN2. The summed E-state index contributed by atoms with van der Waals surface area (Å²) in [5, 5.41) is 0. The van der Waals surface area contributed by atoms with Crippen LogP contribution in [0.3, 0.4) is 0 Å². The number of halogens is 1. The molecule has 2 nitrogen and oxygen atoms in total. The van der Waals surface area contributed by atoms with Crippen LogP contribution in [0.15, 0.2) is 48.8 Å². The molecule has 0 atom stereocenters. The molecule has 0 saturated carbocycles. The van der Waals surface area contributed by atoms with E-state index >= 15 is 0 Å². The van der Waals surface area contributed by atoms with Gasteiger partial charge < -0.3 is 0 Å². The van der Waals surface area contributed by atoms with Gasteiger partial charge in [0.05, 0.1) is 11.4 Å². The second kappa shape index (κ2) is 6.55. The predicted molar refractivity (Wildman–Crippen MR) is 54.7 cm³/mol. The van der Waals surface area contributed by atoms with Crippen molar-refractivity contribution in [1.82, 2.24) is 9.97 Å². The minimum absolute atomic E-state index is 0. The molecule has 73 valence electrons. The maximum absolute atomic E-state index is 4.19. The fourth-order valence-electron chi connectivity index (χ4n) is 1.03. The van der Waals surface area contributed by atoms with Crippen molar-refractivity contribution >= 4 is 12.4 Å². The van der Waals surface area contributed by atoms with Crippen LogP contribution in [0.5, 0.6) is 0 Å². The predicted octanol–water partition coefficient (Wildman–Crippen LogP) is 2.56. The molecule has 2 aromatic heterocycles. The molecule has 0 aliphatic heterocycles. The van der Waals surface area contributed by atoms with Crippen molar-refractivity contribution in [3.05, 3.63) is 48.8 Å². The minimum Gasteiger partial charge on any atom is -0.255 e. The van der Waals surface area contributed by atoms with Crippen LogP contribution in [0.4, 0.5) is 0 Å². The first-order valence-corrected chi connectivity index (χ1v) is 3.79. The third-order valence-electron chi connectivity index (χ3n) is 1.59. The van der Waals surface area contributed by atoms with Crippen molar-refractivity contribution in [2.24, 2.45) is 0 Å². The molecule has 0 unspecified atom stereocenters. The Kier molecular flexibility index (Phi) is 6.13. The minimum atomic E-state index is 0. The van der Waals surface area contributed by atoms with Crippen LogP contribution in [0, 0.1) is 0 Å². The Labute approximate surface area is 99.7 Å². The summed E-state index contributed by atoms with van der Waals surface area (Å²) in [7, 11) is 0. The summed E-state index contributed by atoms with van der Waals surface area (Å²) in [5.41, 5.74) is 1.83. The van der Waals surface area contributed by atoms with Gasteiger partial charge in [-0.2, -0.15) is 0 Å². The van der Waals surface area contributed by atoms with E-state index in [1.807, 2.05) is 36.4 Å². The van der Waals surface area contributed by atoms with Gasteiger partial charge in [0, 0.05) is 29.5 Å². The van der Waals surface area contributed by atoms with Crippen LogP contribution < -0.4 is 0 Å². The smallest absolute Gasteiger partial charge is 0.0886 e. The van der Waals surface area contributed by atoms with Crippen molar-refractivity contribution in [3.8, 4) is 11.4 Å². The van der Waals surface area contributed by atoms with Crippen LogP contribution in [0.2, 0.25) is 0 Å². The molecule has 14 heavy (non-hydrogen) atoms. The van der Waals surface area contributed by atoms with Gasteiger partial charge in [-0.05, 0) is 24.3 Å². The number of nitrogens with zero attached hydrogens (tertiary/aromatic N) is 2. The van der Waals surface area contributed by atoms with E-state index in [0.29, 0.717) is 0 Å². The Morgan fingerprint density at radius 3 is 1.43 bits per heavy atom. The summed E-state index contributed by atoms with van der Waals surface area (Å²) < 4.78 is 0. The monoisotopic (exact) mass is 247 g/mol. The third-order valence-corrected chi connectivity index (χ3v) is 1.59. The summed E-state index contributed by atoms with van der Waals surface area (Å²) in [6, 6.07) is 11.6. The SMILES string of the molecule is Cl.[Mn].c1ccc(-c2ccccn2)nc1. The zero-order valence-electron chi connectivity index (χ0n) is 7.30. The van der Waals surface area contributed by atoms with Gasteiger partial charge in [0.1, 0.15) is 0 Å². The van der Waals surface area contributed by atoms with Crippen LogP contribution in [-0.4, -0.2) is 9.97 Å². The maximum Gasteiger partial charge on any atom is 0.0886 e. The van der Waals surface area contributed by atoms with Crippen LogP contribution in [0.25, 0.3) is 11.4 Å². The normalized spacial score (nSPS) is 8.29. The van der Waals surface area contributed by atoms with Crippen molar-refractivity contribution in [2.75, 3.05) is 0 Å². The average molecular weight is 248 g/mol. The first-order valence-electron chi connectivity index (χ1n) is 3.79. The summed E-state index contributed by atoms with van der Waals surface area (Å²) >= 11 is 0. The molecular weight excluding hydrogens is 239 g/mol. The molecule has 0 aliphatic carbocycles. The second-order valence-corrected chi connectivity index (χ2v) is 2.43. The van der Waals surface area contributed by atoms with Gasteiger partial charge in [0.15, 0.2) is 0 Å². The van der Waals surface area contributed by atoms with Gasteiger partial charge in [-0.1, -0.05) is 12.1 Å². The van der Waals surface area contributed by atoms with Gasteiger partial charge in [0.25, 0.3) is 0 Å². The molecule has 0 amide bonds. The van der Waals surface area contributed by atoms with E-state index in [0.717, 1.165) is 11.4 Å². The van der Waals surface area contributed by atoms with Crippen molar-refractivity contribution in [2.45, 2.75) is 0 Å². The number of hydrogen-bond donors (Lipinski definition) is 0. The van der Waals surface area contributed by atoms with Crippen molar-refractivity contribution in [3.63, 3.8) is 0 Å². The molecule has 0 N–H and O–H groups in total. The third kappa shape index (κ3) is 3.11. The van der Waals surface area contributed by atoms with Gasteiger partial charge >= 0.3 is 0 Å². The fraction of sp³-hybridized carbons (Fsp3) is 0. The van der Waals surface area contributed by atoms with E-state index in [9.17, 15) is 0 Å². The molecule has 0 spiro atoms. The van der Waals surface area contributed by atoms with E-state index < -0.39 is 0 Å². The van der Waals surface area contributed by atoms with Crippen molar-refractivity contribution < 1.29 is 17.1 Å². The van der Waals surface area contributed by atoms with Gasteiger partial charge in [-0.3, -0.25) is 9.97 Å². The molecule has 0 bridgehead atoms. The Morgan fingerprint density at radius 1 is 0.714 bits per heavy atom. The second-order valence-electron chi connectivity index (χ2n) is 2.43. The zero-order valence-corrected chi connectivity index (χ0v) is 9.30. The van der Waals surface area contributed by atoms with Gasteiger partial charge in [-0.15, -0.1) is 12.4 Å².